The van der Waals surface area contributed by atoms with Gasteiger partial charge in [-0.15, -0.1) is 11.8 Å². The molecule has 3 atom stereocenters. The number of allylic oxidation sites excluding steroid dienone is 1. The summed E-state index contributed by atoms with van der Waals surface area (Å²) in [5, 5.41) is 13.0. The molecule has 0 radical (unpaired) electrons. The molecule has 1 saturated heterocycles. The van der Waals surface area contributed by atoms with Crippen molar-refractivity contribution in [2.75, 3.05) is 12.3 Å². The van der Waals surface area contributed by atoms with Crippen LogP contribution < -0.4 is 5.32 Å². The standard InChI is InChI=1S/C24H34N2O3S/c1-15-14-30-22(16(15)2)18-8-6-17(7-9-18)12-25-23(29)20-10-19(27)13-26(20)21(28)11-24(3,4)5/h6-9,15,19-20,27H,10-14H2,1-5H3,(H,25,29)/t15?,19-,20+/m1/s1. The number of carbonyl (C=O) groups excluding carboxylic acids is 2. The van der Waals surface area contributed by atoms with Gasteiger partial charge < -0.3 is 15.3 Å². The van der Waals surface area contributed by atoms with Crippen LogP contribution in [0.15, 0.2) is 29.8 Å². The highest BCUT2D eigenvalue weighted by Crippen LogP contribution is 2.41. The molecule has 5 nitrogen and oxygen atoms in total. The maximum atomic E-state index is 12.8. The molecule has 30 heavy (non-hydrogen) atoms. The zero-order chi connectivity index (χ0) is 22.1. The fourth-order valence-electron chi connectivity index (χ4n) is 3.96. The maximum absolute atomic E-state index is 12.8. The highest BCUT2D eigenvalue weighted by Gasteiger charge is 2.39. The Kier molecular flexibility index (Phi) is 6.98. The number of benzene rings is 1. The van der Waals surface area contributed by atoms with Gasteiger partial charge in [-0.25, -0.2) is 0 Å². The number of rotatable bonds is 5. The van der Waals surface area contributed by atoms with Crippen molar-refractivity contribution in [3.8, 4) is 0 Å². The van der Waals surface area contributed by atoms with Crippen molar-refractivity contribution in [2.45, 2.75) is 66.2 Å². The van der Waals surface area contributed by atoms with E-state index in [-0.39, 0.29) is 23.8 Å². The van der Waals surface area contributed by atoms with Gasteiger partial charge in [-0.05, 0) is 29.4 Å². The van der Waals surface area contributed by atoms with Gasteiger partial charge in [0, 0.05) is 36.6 Å². The first-order valence-electron chi connectivity index (χ1n) is 10.7. The lowest BCUT2D eigenvalue weighted by molar-refractivity contribution is -0.140. The molecule has 2 N–H and O–H groups in total. The molecule has 1 aromatic rings. The summed E-state index contributed by atoms with van der Waals surface area (Å²) < 4.78 is 0. The average molecular weight is 431 g/mol. The number of hydrogen-bond donors (Lipinski definition) is 2. The second kappa shape index (κ2) is 9.15. The Morgan fingerprint density at radius 3 is 2.47 bits per heavy atom. The molecule has 1 fully saturated rings. The van der Waals surface area contributed by atoms with Crippen LogP contribution in [0.3, 0.4) is 0 Å². The van der Waals surface area contributed by atoms with E-state index in [0.29, 0.717) is 25.3 Å². The average Bonchev–Trinajstić information content (AvgIpc) is 3.22. The number of hydrogen-bond acceptors (Lipinski definition) is 4. The molecule has 164 valence electrons. The lowest BCUT2D eigenvalue weighted by atomic mass is 9.91. The van der Waals surface area contributed by atoms with E-state index in [1.54, 1.807) is 4.90 Å². The molecule has 1 unspecified atom stereocenters. The topological polar surface area (TPSA) is 69.6 Å². The minimum Gasteiger partial charge on any atom is -0.391 e. The van der Waals surface area contributed by atoms with Gasteiger partial charge >= 0.3 is 0 Å². The Morgan fingerprint density at radius 1 is 1.23 bits per heavy atom. The molecule has 6 heteroatoms. The molecule has 2 aliphatic rings. The summed E-state index contributed by atoms with van der Waals surface area (Å²) in [5.74, 6) is 1.48. The lowest BCUT2D eigenvalue weighted by Crippen LogP contribution is -2.46. The Morgan fingerprint density at radius 2 is 1.90 bits per heavy atom. The van der Waals surface area contributed by atoms with Gasteiger partial charge in [-0.3, -0.25) is 9.59 Å². The number of thioether (sulfide) groups is 1. The summed E-state index contributed by atoms with van der Waals surface area (Å²) in [6.45, 7) is 11.1. The molecular weight excluding hydrogens is 396 g/mol. The van der Waals surface area contributed by atoms with Crippen molar-refractivity contribution in [2.24, 2.45) is 11.3 Å². The van der Waals surface area contributed by atoms with Crippen LogP contribution in [-0.2, 0) is 16.1 Å². The van der Waals surface area contributed by atoms with Gasteiger partial charge in [0.15, 0.2) is 0 Å². The number of nitrogens with zero attached hydrogens (tertiary/aromatic N) is 1. The third-order valence-electron chi connectivity index (χ3n) is 5.84. The smallest absolute Gasteiger partial charge is 0.243 e. The normalized spacial score (nSPS) is 24.5. The molecule has 1 aromatic carbocycles. The minimum absolute atomic E-state index is 0.0736. The van der Waals surface area contributed by atoms with Crippen LogP contribution >= 0.6 is 11.8 Å². The summed E-state index contributed by atoms with van der Waals surface area (Å²) in [7, 11) is 0. The highest BCUT2D eigenvalue weighted by molar-refractivity contribution is 8.08. The Balaban J connectivity index is 1.60. The van der Waals surface area contributed by atoms with Crippen molar-refractivity contribution >= 4 is 28.5 Å². The highest BCUT2D eigenvalue weighted by atomic mass is 32.2. The van der Waals surface area contributed by atoms with Crippen molar-refractivity contribution in [3.63, 3.8) is 0 Å². The second-order valence-corrected chi connectivity index (χ2v) is 10.9. The quantitative estimate of drug-likeness (QED) is 0.745. The van der Waals surface area contributed by atoms with Gasteiger partial charge in [-0.1, -0.05) is 57.5 Å². The van der Waals surface area contributed by atoms with Gasteiger partial charge in [0.2, 0.25) is 11.8 Å². The monoisotopic (exact) mass is 430 g/mol. The molecule has 2 aliphatic heterocycles. The van der Waals surface area contributed by atoms with Crippen LogP contribution in [0.25, 0.3) is 4.91 Å². The molecule has 0 bridgehead atoms. The molecule has 0 aromatic heterocycles. The first-order chi connectivity index (χ1) is 14.0. The molecule has 3 rings (SSSR count). The first kappa shape index (κ1) is 22.9. The van der Waals surface area contributed by atoms with E-state index in [1.165, 1.54) is 16.0 Å². The number of nitrogens with one attached hydrogen (secondary N) is 1. The summed E-state index contributed by atoms with van der Waals surface area (Å²) in [6.07, 6.45) is 0.00662. The number of carbonyl (C=O) groups is 2. The van der Waals surface area contributed by atoms with Gasteiger partial charge in [0.25, 0.3) is 0 Å². The van der Waals surface area contributed by atoms with Crippen LogP contribution in [-0.4, -0.2) is 46.3 Å². The zero-order valence-electron chi connectivity index (χ0n) is 18.7. The van der Waals surface area contributed by atoms with Crippen LogP contribution in [0.2, 0.25) is 0 Å². The van der Waals surface area contributed by atoms with Crippen molar-refractivity contribution < 1.29 is 14.7 Å². The molecule has 0 aliphatic carbocycles. The van der Waals surface area contributed by atoms with Crippen molar-refractivity contribution in [1.82, 2.24) is 10.2 Å². The Hall–Kier alpha value is -1.79. The summed E-state index contributed by atoms with van der Waals surface area (Å²) in [4.78, 5) is 28.3. The Bertz CT molecular complexity index is 826. The number of β-amino-alcohol motifs (C(OH)–C–C–N with tert-alkyl or cyclic N) is 1. The summed E-state index contributed by atoms with van der Waals surface area (Å²) in [6, 6.07) is 7.73. The van der Waals surface area contributed by atoms with Crippen LogP contribution in [0.5, 0.6) is 0 Å². The molecule has 2 heterocycles. The van der Waals surface area contributed by atoms with E-state index in [4.69, 9.17) is 0 Å². The van der Waals surface area contributed by atoms with Crippen LogP contribution in [0.4, 0.5) is 0 Å². The number of likely N-dealkylation sites (tertiary alicyclic amines) is 1. The predicted molar refractivity (Wildman–Crippen MR) is 123 cm³/mol. The van der Waals surface area contributed by atoms with E-state index in [0.717, 1.165) is 11.3 Å². The SMILES string of the molecule is CC1=C(c2ccc(CNC(=O)[C@@H]3C[C@@H](O)CN3C(=O)CC(C)(C)C)cc2)SCC1C. The third kappa shape index (κ3) is 5.46. The van der Waals surface area contributed by atoms with Crippen molar-refractivity contribution in [3.05, 3.63) is 41.0 Å². The number of aliphatic hydroxyl groups excluding tert-OH is 1. The molecule has 0 spiro atoms. The fraction of sp³-hybridized carbons (Fsp3) is 0.583. The van der Waals surface area contributed by atoms with E-state index in [2.05, 4.69) is 31.3 Å². The van der Waals surface area contributed by atoms with E-state index in [1.807, 2.05) is 44.7 Å². The van der Waals surface area contributed by atoms with Gasteiger partial charge in [-0.2, -0.15) is 0 Å². The van der Waals surface area contributed by atoms with Crippen LogP contribution in [0, 0.1) is 11.3 Å². The zero-order valence-corrected chi connectivity index (χ0v) is 19.5. The fourth-order valence-corrected chi connectivity index (χ4v) is 5.35. The van der Waals surface area contributed by atoms with Crippen LogP contribution in [0.1, 0.15) is 58.6 Å². The largest absolute Gasteiger partial charge is 0.391 e. The number of amides is 2. The van der Waals surface area contributed by atoms with E-state index >= 15 is 0 Å². The molecular formula is C24H34N2O3S. The van der Waals surface area contributed by atoms with Gasteiger partial charge in [0.1, 0.15) is 6.04 Å². The number of aliphatic hydroxyl groups is 1. The van der Waals surface area contributed by atoms with E-state index < -0.39 is 12.1 Å². The maximum Gasteiger partial charge on any atom is 0.243 e. The second-order valence-electron chi connectivity index (χ2n) is 9.83. The third-order valence-corrected chi connectivity index (χ3v) is 7.35. The summed E-state index contributed by atoms with van der Waals surface area (Å²) in [5.41, 5.74) is 3.54. The first-order valence-corrected chi connectivity index (χ1v) is 11.7. The van der Waals surface area contributed by atoms with Crippen molar-refractivity contribution in [1.29, 1.82) is 0 Å². The lowest BCUT2D eigenvalue weighted by Gasteiger charge is -2.27. The summed E-state index contributed by atoms with van der Waals surface area (Å²) >= 11 is 1.91. The van der Waals surface area contributed by atoms with E-state index in [9.17, 15) is 14.7 Å². The Labute approximate surface area is 184 Å². The minimum atomic E-state index is -0.647. The molecule has 2 amide bonds. The van der Waals surface area contributed by atoms with Gasteiger partial charge in [0.05, 0.1) is 6.10 Å². The predicted octanol–water partition coefficient (Wildman–Crippen LogP) is 3.81. The molecule has 0 saturated carbocycles.